The van der Waals surface area contributed by atoms with Gasteiger partial charge in [0.15, 0.2) is 0 Å². The van der Waals surface area contributed by atoms with E-state index in [1.54, 1.807) is 0 Å². The second-order valence-electron chi connectivity index (χ2n) is 5.10. The van der Waals surface area contributed by atoms with Crippen LogP contribution in [0, 0.1) is 0 Å². The van der Waals surface area contributed by atoms with Crippen molar-refractivity contribution in [2.45, 2.75) is 38.1 Å². The Hall–Kier alpha value is -1.61. The van der Waals surface area contributed by atoms with Crippen molar-refractivity contribution in [2.24, 2.45) is 0 Å². The van der Waals surface area contributed by atoms with Crippen LogP contribution in [-0.2, 0) is 11.2 Å². The van der Waals surface area contributed by atoms with Crippen LogP contribution in [0.1, 0.15) is 31.2 Å². The fraction of sp³-hybridized carbons (Fsp3) is 0.438. The van der Waals surface area contributed by atoms with E-state index >= 15 is 0 Å². The molecule has 0 atom stereocenters. The zero-order valence-electron chi connectivity index (χ0n) is 11.1. The zero-order valence-corrected chi connectivity index (χ0v) is 11.1. The van der Waals surface area contributed by atoms with Gasteiger partial charge >= 0.3 is 5.97 Å². The number of hydrogen-bond acceptors (Lipinski definition) is 2. The summed E-state index contributed by atoms with van der Waals surface area (Å²) < 4.78 is 0. The van der Waals surface area contributed by atoms with Crippen molar-refractivity contribution in [3.8, 4) is 0 Å². The third-order valence-electron chi connectivity index (χ3n) is 3.64. The minimum absolute atomic E-state index is 0.537. The third kappa shape index (κ3) is 4.87. The maximum Gasteiger partial charge on any atom is 0.328 e. The molecule has 0 aromatic heterocycles. The van der Waals surface area contributed by atoms with Gasteiger partial charge in [-0.25, -0.2) is 4.79 Å². The van der Waals surface area contributed by atoms with E-state index in [9.17, 15) is 4.79 Å². The number of hydrogen-bond donors (Lipinski definition) is 2. The van der Waals surface area contributed by atoms with Crippen molar-refractivity contribution < 1.29 is 9.90 Å². The molecule has 1 saturated carbocycles. The molecular formula is C16H21NO2. The van der Waals surface area contributed by atoms with Gasteiger partial charge in [-0.1, -0.05) is 35.9 Å². The van der Waals surface area contributed by atoms with Gasteiger partial charge in [-0.05, 0) is 44.2 Å². The van der Waals surface area contributed by atoms with Crippen LogP contribution in [0.15, 0.2) is 42.0 Å². The quantitative estimate of drug-likeness (QED) is 0.799. The predicted octanol–water partition coefficient (Wildman–Crippen LogP) is 2.77. The monoisotopic (exact) mass is 259 g/mol. The summed E-state index contributed by atoms with van der Waals surface area (Å²) in [6.45, 7) is 0.993. The lowest BCUT2D eigenvalue weighted by Crippen LogP contribution is -2.33. The van der Waals surface area contributed by atoms with Crippen molar-refractivity contribution in [3.63, 3.8) is 0 Å². The van der Waals surface area contributed by atoms with E-state index < -0.39 is 5.97 Å². The van der Waals surface area contributed by atoms with Crippen molar-refractivity contribution in [2.75, 3.05) is 6.54 Å². The van der Waals surface area contributed by atoms with Crippen molar-refractivity contribution >= 4 is 5.97 Å². The number of nitrogens with one attached hydrogen (secondary N) is 1. The summed E-state index contributed by atoms with van der Waals surface area (Å²) in [6, 6.07) is 11.0. The van der Waals surface area contributed by atoms with Crippen LogP contribution in [0.5, 0.6) is 0 Å². The molecule has 1 aliphatic rings. The van der Waals surface area contributed by atoms with Crippen LogP contribution in [0.3, 0.4) is 0 Å². The minimum atomic E-state index is -0.814. The molecule has 0 unspecified atom stereocenters. The van der Waals surface area contributed by atoms with Gasteiger partial charge in [0, 0.05) is 12.1 Å². The first-order chi connectivity index (χ1) is 9.24. The molecule has 1 aromatic rings. The summed E-state index contributed by atoms with van der Waals surface area (Å²) in [5, 5.41) is 12.3. The van der Waals surface area contributed by atoms with E-state index in [0.717, 1.165) is 44.2 Å². The molecule has 19 heavy (non-hydrogen) atoms. The highest BCUT2D eigenvalue weighted by Gasteiger charge is 2.16. The Balaban J connectivity index is 1.67. The Morgan fingerprint density at radius 3 is 2.58 bits per heavy atom. The molecule has 0 radical (unpaired) electrons. The molecule has 3 nitrogen and oxygen atoms in total. The van der Waals surface area contributed by atoms with E-state index in [1.807, 2.05) is 6.07 Å². The van der Waals surface area contributed by atoms with Gasteiger partial charge in [0.2, 0.25) is 0 Å². The van der Waals surface area contributed by atoms with Crippen LogP contribution in [-0.4, -0.2) is 23.7 Å². The molecule has 0 spiro atoms. The van der Waals surface area contributed by atoms with Crippen LogP contribution in [0.4, 0.5) is 0 Å². The molecule has 1 aromatic carbocycles. The summed E-state index contributed by atoms with van der Waals surface area (Å²) in [4.78, 5) is 10.6. The van der Waals surface area contributed by atoms with E-state index in [4.69, 9.17) is 5.11 Å². The largest absolute Gasteiger partial charge is 0.478 e. The number of aliphatic carboxylic acids is 1. The Morgan fingerprint density at radius 2 is 1.95 bits per heavy atom. The fourth-order valence-corrected chi connectivity index (χ4v) is 2.58. The SMILES string of the molecule is O=C(O)C=C1CCC(NCCc2ccccc2)CC1. The summed E-state index contributed by atoms with van der Waals surface area (Å²) in [5.41, 5.74) is 2.44. The highest BCUT2D eigenvalue weighted by Crippen LogP contribution is 2.23. The summed E-state index contributed by atoms with van der Waals surface area (Å²) in [6.07, 6.45) is 6.35. The average Bonchev–Trinajstić information content (AvgIpc) is 2.41. The molecule has 102 valence electrons. The van der Waals surface area contributed by atoms with Gasteiger partial charge in [0.05, 0.1) is 0 Å². The third-order valence-corrected chi connectivity index (χ3v) is 3.64. The smallest absolute Gasteiger partial charge is 0.328 e. The molecule has 0 saturated heterocycles. The Bertz CT molecular complexity index is 429. The van der Waals surface area contributed by atoms with Crippen molar-refractivity contribution in [1.29, 1.82) is 0 Å². The first-order valence-corrected chi connectivity index (χ1v) is 6.94. The van der Waals surface area contributed by atoms with Crippen LogP contribution < -0.4 is 5.32 Å². The Morgan fingerprint density at radius 1 is 1.26 bits per heavy atom. The maximum atomic E-state index is 10.6. The van der Waals surface area contributed by atoms with Gasteiger partial charge in [-0.2, -0.15) is 0 Å². The number of carboxylic acids is 1. The van der Waals surface area contributed by atoms with Gasteiger partial charge in [-0.15, -0.1) is 0 Å². The number of carboxylic acid groups (broad SMARTS) is 1. The van der Waals surface area contributed by atoms with Gasteiger partial charge in [0.25, 0.3) is 0 Å². The molecule has 3 heteroatoms. The molecule has 0 heterocycles. The highest BCUT2D eigenvalue weighted by atomic mass is 16.4. The molecule has 1 fully saturated rings. The highest BCUT2D eigenvalue weighted by molar-refractivity contribution is 5.80. The van der Waals surface area contributed by atoms with Gasteiger partial charge < -0.3 is 10.4 Å². The normalized spacial score (nSPS) is 19.2. The van der Waals surface area contributed by atoms with Crippen molar-refractivity contribution in [3.05, 3.63) is 47.5 Å². The lowest BCUT2D eigenvalue weighted by atomic mass is 9.90. The molecular weight excluding hydrogens is 238 g/mol. The average molecular weight is 259 g/mol. The molecule has 0 bridgehead atoms. The summed E-state index contributed by atoms with van der Waals surface area (Å²) in [5.74, 6) is -0.814. The summed E-state index contributed by atoms with van der Waals surface area (Å²) >= 11 is 0. The van der Waals surface area contributed by atoms with E-state index in [0.29, 0.717) is 6.04 Å². The molecule has 2 N–H and O–H groups in total. The molecule has 1 aliphatic carbocycles. The minimum Gasteiger partial charge on any atom is -0.478 e. The second-order valence-corrected chi connectivity index (χ2v) is 5.10. The first-order valence-electron chi connectivity index (χ1n) is 6.94. The zero-order chi connectivity index (χ0) is 13.5. The number of allylic oxidation sites excluding steroid dienone is 1. The van der Waals surface area contributed by atoms with Crippen LogP contribution >= 0.6 is 0 Å². The molecule has 0 aliphatic heterocycles. The fourth-order valence-electron chi connectivity index (χ4n) is 2.58. The van der Waals surface area contributed by atoms with Crippen LogP contribution in [0.25, 0.3) is 0 Å². The first kappa shape index (κ1) is 13.8. The topological polar surface area (TPSA) is 49.3 Å². The Labute approximate surface area is 114 Å². The lowest BCUT2D eigenvalue weighted by Gasteiger charge is -2.24. The molecule has 2 rings (SSSR count). The standard InChI is InChI=1S/C16H21NO2/c18-16(19)12-14-6-8-15(9-7-14)17-11-10-13-4-2-1-3-5-13/h1-5,12,15,17H,6-11H2,(H,18,19). The molecule has 0 amide bonds. The number of carbonyl (C=O) groups is 1. The predicted molar refractivity (Wildman–Crippen MR) is 76.1 cm³/mol. The second kappa shape index (κ2) is 7.10. The number of benzene rings is 1. The van der Waals surface area contributed by atoms with Gasteiger partial charge in [-0.3, -0.25) is 0 Å². The van der Waals surface area contributed by atoms with E-state index in [-0.39, 0.29) is 0 Å². The number of rotatable bonds is 5. The van der Waals surface area contributed by atoms with Gasteiger partial charge in [0.1, 0.15) is 0 Å². The Kier molecular flexibility index (Phi) is 5.16. The maximum absolute atomic E-state index is 10.6. The summed E-state index contributed by atoms with van der Waals surface area (Å²) in [7, 11) is 0. The van der Waals surface area contributed by atoms with Crippen LogP contribution in [0.2, 0.25) is 0 Å². The lowest BCUT2D eigenvalue weighted by molar-refractivity contribution is -0.131. The van der Waals surface area contributed by atoms with E-state index in [1.165, 1.54) is 11.6 Å². The van der Waals surface area contributed by atoms with E-state index in [2.05, 4.69) is 29.6 Å². The van der Waals surface area contributed by atoms with Crippen molar-refractivity contribution in [1.82, 2.24) is 5.32 Å².